The molecule has 1 aromatic heterocycles. The Hall–Kier alpha value is -2.90. The summed E-state index contributed by atoms with van der Waals surface area (Å²) >= 11 is 7.45. The van der Waals surface area contributed by atoms with Crippen molar-refractivity contribution >= 4 is 34.8 Å². The molecule has 2 fully saturated rings. The van der Waals surface area contributed by atoms with E-state index in [1.165, 1.54) is 11.3 Å². The summed E-state index contributed by atoms with van der Waals surface area (Å²) in [7, 11) is 1.62. The van der Waals surface area contributed by atoms with Crippen molar-refractivity contribution in [1.29, 1.82) is 0 Å². The first-order chi connectivity index (χ1) is 15.5. The van der Waals surface area contributed by atoms with E-state index in [1.54, 1.807) is 36.9 Å². The van der Waals surface area contributed by atoms with Crippen molar-refractivity contribution in [3.8, 4) is 16.2 Å². The molecule has 1 N–H and O–H groups in total. The smallest absolute Gasteiger partial charge is 0.274 e. The van der Waals surface area contributed by atoms with Crippen LogP contribution in [0, 0.1) is 11.8 Å². The number of rotatable bonds is 6. The lowest BCUT2D eigenvalue weighted by Crippen LogP contribution is -2.45. The van der Waals surface area contributed by atoms with Gasteiger partial charge in [-0.3, -0.25) is 9.59 Å². The Labute approximate surface area is 195 Å². The minimum absolute atomic E-state index is 0.0320. The van der Waals surface area contributed by atoms with Crippen LogP contribution < -0.4 is 10.1 Å². The second-order valence-corrected chi connectivity index (χ2v) is 9.46. The number of fused-ring (bicyclic) bond motifs is 1. The van der Waals surface area contributed by atoms with Crippen molar-refractivity contribution in [2.24, 2.45) is 11.8 Å². The third-order valence-corrected chi connectivity index (χ3v) is 7.34. The Morgan fingerprint density at radius 3 is 2.91 bits per heavy atom. The maximum Gasteiger partial charge on any atom is 0.274 e. The van der Waals surface area contributed by atoms with Crippen LogP contribution in [0.4, 0.5) is 0 Å². The van der Waals surface area contributed by atoms with Gasteiger partial charge < -0.3 is 15.0 Å². The largest absolute Gasteiger partial charge is 0.497 e. The van der Waals surface area contributed by atoms with Gasteiger partial charge in [0.1, 0.15) is 11.4 Å². The van der Waals surface area contributed by atoms with E-state index in [9.17, 15) is 9.59 Å². The lowest BCUT2D eigenvalue weighted by Gasteiger charge is -2.27. The van der Waals surface area contributed by atoms with E-state index in [0.717, 1.165) is 22.6 Å². The molecular formula is C24H22ClN3O3S. The number of ether oxygens (including phenoxy) is 1. The average Bonchev–Trinajstić information content (AvgIpc) is 3.24. The summed E-state index contributed by atoms with van der Waals surface area (Å²) in [6.07, 6.45) is 1.10. The highest BCUT2D eigenvalue weighted by molar-refractivity contribution is 7.13. The number of benzene rings is 2. The fourth-order valence-corrected chi connectivity index (χ4v) is 5.47. The number of likely N-dealkylation sites (tertiary alicyclic amines) is 1. The number of piperidine rings is 1. The van der Waals surface area contributed by atoms with Gasteiger partial charge in [0.25, 0.3) is 11.8 Å². The van der Waals surface area contributed by atoms with Gasteiger partial charge in [0, 0.05) is 23.7 Å². The molecule has 6 nitrogen and oxygen atoms in total. The number of nitrogens with one attached hydrogen (secondary N) is 1. The molecule has 8 heteroatoms. The van der Waals surface area contributed by atoms with Crippen molar-refractivity contribution in [2.75, 3.05) is 20.2 Å². The summed E-state index contributed by atoms with van der Waals surface area (Å²) in [6.45, 7) is 1.12. The number of halogens is 1. The number of carbonyl (C=O) groups excluding carboxylic acids is 2. The molecular weight excluding hydrogens is 446 g/mol. The van der Waals surface area contributed by atoms with E-state index in [1.807, 2.05) is 29.2 Å². The summed E-state index contributed by atoms with van der Waals surface area (Å²) in [6, 6.07) is 14.5. The quantitative estimate of drug-likeness (QED) is 0.584. The fraction of sp³-hybridized carbons (Fsp3) is 0.292. The molecule has 32 heavy (non-hydrogen) atoms. The molecule has 3 aromatic rings. The van der Waals surface area contributed by atoms with Gasteiger partial charge in [-0.05, 0) is 54.2 Å². The third kappa shape index (κ3) is 3.98. The minimum Gasteiger partial charge on any atom is -0.497 e. The normalized spacial score (nSPS) is 21.2. The van der Waals surface area contributed by atoms with Crippen LogP contribution in [-0.4, -0.2) is 47.9 Å². The zero-order valence-corrected chi connectivity index (χ0v) is 19.0. The number of hydrogen-bond donors (Lipinski definition) is 1. The second kappa shape index (κ2) is 8.56. The number of nitrogens with zero attached hydrogens (tertiary/aromatic N) is 2. The number of methoxy groups -OCH3 is 1. The maximum absolute atomic E-state index is 13.5. The van der Waals surface area contributed by atoms with Gasteiger partial charge in [-0.1, -0.05) is 29.8 Å². The predicted molar refractivity (Wildman–Crippen MR) is 124 cm³/mol. The van der Waals surface area contributed by atoms with Crippen molar-refractivity contribution in [1.82, 2.24) is 15.2 Å². The average molecular weight is 468 g/mol. The Morgan fingerprint density at radius 2 is 2.09 bits per heavy atom. The van der Waals surface area contributed by atoms with Crippen molar-refractivity contribution in [3.63, 3.8) is 0 Å². The second-order valence-electron chi connectivity index (χ2n) is 8.17. The summed E-state index contributed by atoms with van der Waals surface area (Å²) in [5.74, 6) is 1.40. The molecule has 0 spiro atoms. The van der Waals surface area contributed by atoms with Gasteiger partial charge >= 0.3 is 0 Å². The monoisotopic (exact) mass is 467 g/mol. The maximum atomic E-state index is 13.5. The molecule has 0 unspecified atom stereocenters. The Bertz CT molecular complexity index is 1180. The summed E-state index contributed by atoms with van der Waals surface area (Å²) < 4.78 is 5.33. The molecule has 1 saturated carbocycles. The van der Waals surface area contributed by atoms with Crippen LogP contribution >= 0.6 is 22.9 Å². The zero-order valence-electron chi connectivity index (χ0n) is 17.5. The molecule has 2 aliphatic rings. The molecule has 164 valence electrons. The van der Waals surface area contributed by atoms with Gasteiger partial charge in [0.15, 0.2) is 0 Å². The fourth-order valence-electron chi connectivity index (χ4n) is 4.50. The molecule has 0 radical (unpaired) electrons. The van der Waals surface area contributed by atoms with Crippen molar-refractivity contribution in [3.05, 3.63) is 70.3 Å². The number of aromatic nitrogens is 1. The Morgan fingerprint density at radius 1 is 1.25 bits per heavy atom. The standard InChI is InChI=1S/C24H22ClN3O3S/c1-31-18-7-3-4-14(9-18)22-21(27-13-32-22)24(30)28-12-16-10-19(16)20(28)11-26-23(29)15-5-2-6-17(25)8-15/h2-9,13,16,19-20H,10-12H2,1H3,(H,26,29)/t16-,19-,20+/m0/s1. The number of amides is 2. The van der Waals surface area contributed by atoms with Crippen LogP contribution in [0.25, 0.3) is 10.4 Å². The molecule has 3 atom stereocenters. The zero-order chi connectivity index (χ0) is 22.2. The van der Waals surface area contributed by atoms with E-state index in [-0.39, 0.29) is 17.9 Å². The van der Waals surface area contributed by atoms with Crippen LogP contribution in [0.5, 0.6) is 5.75 Å². The molecule has 1 aliphatic heterocycles. The molecule has 2 amide bonds. The highest BCUT2D eigenvalue weighted by Gasteiger charge is 2.54. The van der Waals surface area contributed by atoms with Crippen molar-refractivity contribution < 1.29 is 14.3 Å². The van der Waals surface area contributed by atoms with Crippen LogP contribution in [0.15, 0.2) is 54.0 Å². The van der Waals surface area contributed by atoms with Crippen LogP contribution in [0.1, 0.15) is 27.3 Å². The number of thiazole rings is 1. The molecule has 5 rings (SSSR count). The van der Waals surface area contributed by atoms with Gasteiger partial charge in [0.2, 0.25) is 0 Å². The minimum atomic E-state index is -0.185. The SMILES string of the molecule is COc1cccc(-c2scnc2C(=O)N2C[C@@H]3C[C@@H]3[C@H]2CNC(=O)c2cccc(Cl)c2)c1. The molecule has 2 heterocycles. The van der Waals surface area contributed by atoms with Crippen LogP contribution in [0.3, 0.4) is 0 Å². The number of carbonyl (C=O) groups is 2. The van der Waals surface area contributed by atoms with E-state index in [0.29, 0.717) is 41.2 Å². The lowest BCUT2D eigenvalue weighted by molar-refractivity contribution is 0.0690. The highest BCUT2D eigenvalue weighted by atomic mass is 35.5. The molecule has 2 aromatic carbocycles. The Balaban J connectivity index is 1.33. The first-order valence-corrected chi connectivity index (χ1v) is 11.7. The van der Waals surface area contributed by atoms with Crippen LogP contribution in [0.2, 0.25) is 5.02 Å². The Kier molecular flexibility index (Phi) is 5.61. The molecule has 1 saturated heterocycles. The number of hydrogen-bond acceptors (Lipinski definition) is 5. The van der Waals surface area contributed by atoms with E-state index >= 15 is 0 Å². The third-order valence-electron chi connectivity index (χ3n) is 6.22. The highest BCUT2D eigenvalue weighted by Crippen LogP contribution is 2.50. The first kappa shape index (κ1) is 21.0. The van der Waals surface area contributed by atoms with Crippen LogP contribution in [-0.2, 0) is 0 Å². The van der Waals surface area contributed by atoms with E-state index in [4.69, 9.17) is 16.3 Å². The van der Waals surface area contributed by atoms with Gasteiger partial charge in [-0.15, -0.1) is 11.3 Å². The van der Waals surface area contributed by atoms with Gasteiger partial charge in [-0.25, -0.2) is 4.98 Å². The lowest BCUT2D eigenvalue weighted by atomic mass is 10.1. The molecule has 0 bridgehead atoms. The molecule has 1 aliphatic carbocycles. The summed E-state index contributed by atoms with van der Waals surface area (Å²) in [4.78, 5) is 33.2. The van der Waals surface area contributed by atoms with E-state index in [2.05, 4.69) is 10.3 Å². The summed E-state index contributed by atoms with van der Waals surface area (Å²) in [5.41, 5.74) is 3.58. The predicted octanol–water partition coefficient (Wildman–Crippen LogP) is 4.36. The van der Waals surface area contributed by atoms with Gasteiger partial charge in [0.05, 0.1) is 23.5 Å². The first-order valence-electron chi connectivity index (χ1n) is 10.5. The van der Waals surface area contributed by atoms with Crippen molar-refractivity contribution in [2.45, 2.75) is 12.5 Å². The summed E-state index contributed by atoms with van der Waals surface area (Å²) in [5, 5.41) is 3.51. The van der Waals surface area contributed by atoms with E-state index < -0.39 is 0 Å². The van der Waals surface area contributed by atoms with Gasteiger partial charge in [-0.2, -0.15) is 0 Å². The topological polar surface area (TPSA) is 71.5 Å².